The maximum absolute atomic E-state index is 13.9. The van der Waals surface area contributed by atoms with Crippen LogP contribution in [0.1, 0.15) is 54.6 Å². The number of ketones is 2. The molecule has 0 radical (unpaired) electrons. The van der Waals surface area contributed by atoms with Gasteiger partial charge in [-0.15, -0.1) is 0 Å². The lowest BCUT2D eigenvalue weighted by Gasteiger charge is -2.50. The van der Waals surface area contributed by atoms with E-state index < -0.39 is 58.0 Å². The molecule has 210 valence electrons. The number of hydrogen-bond acceptors (Lipinski definition) is 9. The second-order valence-electron chi connectivity index (χ2n) is 12.5. The highest BCUT2D eigenvalue weighted by Crippen LogP contribution is 2.52. The van der Waals surface area contributed by atoms with Crippen LogP contribution in [0, 0.1) is 17.3 Å². The summed E-state index contributed by atoms with van der Waals surface area (Å²) >= 11 is 0. The Hall–Kier alpha value is -3.21. The zero-order chi connectivity index (χ0) is 28.6. The SMILES string of the molecule is CN(C)C1C(O)=C(C(N)=O)C(=O)[C@@]2(O)C(O)=C3C(=O)c4c(O)ccc(CN5CCC(C)(C)CC5)c4CC3C[C@@H]12. The first-order valence-electron chi connectivity index (χ1n) is 13.4. The number of Topliss-reactive ketones (excluding diaryl/α,β-unsaturated/α-hetero) is 2. The number of likely N-dealkylation sites (N-methyl/N-ethyl adjacent to an activating group) is 1. The number of primary amides is 1. The number of rotatable bonds is 4. The number of likely N-dealkylation sites (tertiary alicyclic amines) is 1. The topological polar surface area (TPSA) is 165 Å². The van der Waals surface area contributed by atoms with Gasteiger partial charge in [-0.05, 0) is 81.4 Å². The molecule has 1 saturated heterocycles. The zero-order valence-corrected chi connectivity index (χ0v) is 22.8. The fourth-order valence-electron chi connectivity index (χ4n) is 7.02. The monoisotopic (exact) mass is 539 g/mol. The van der Waals surface area contributed by atoms with Crippen molar-refractivity contribution in [2.24, 2.45) is 23.0 Å². The van der Waals surface area contributed by atoms with Crippen molar-refractivity contribution in [3.63, 3.8) is 0 Å². The summed E-state index contributed by atoms with van der Waals surface area (Å²) < 4.78 is 0. The van der Waals surface area contributed by atoms with Crippen LogP contribution >= 0.6 is 0 Å². The molecule has 5 rings (SSSR count). The number of nitrogens with two attached hydrogens (primary N) is 1. The maximum atomic E-state index is 13.9. The van der Waals surface area contributed by atoms with E-state index in [0.29, 0.717) is 18.5 Å². The number of carbonyl (C=O) groups is 3. The average molecular weight is 540 g/mol. The first kappa shape index (κ1) is 27.4. The third-order valence-electron chi connectivity index (χ3n) is 9.31. The summed E-state index contributed by atoms with van der Waals surface area (Å²) in [6.07, 6.45) is 2.50. The molecule has 0 spiro atoms. The number of carbonyl (C=O) groups excluding carboxylic acids is 3. The summed E-state index contributed by atoms with van der Waals surface area (Å²) in [7, 11) is 3.23. The molecule has 1 amide bonds. The van der Waals surface area contributed by atoms with E-state index in [9.17, 15) is 34.8 Å². The fraction of sp³-hybridized carbons (Fsp3) is 0.552. The van der Waals surface area contributed by atoms with Gasteiger partial charge < -0.3 is 26.2 Å². The van der Waals surface area contributed by atoms with E-state index in [4.69, 9.17) is 5.73 Å². The Kier molecular flexibility index (Phi) is 6.44. The Bertz CT molecular complexity index is 1330. The number of amides is 1. The van der Waals surface area contributed by atoms with E-state index in [-0.39, 0.29) is 28.7 Å². The largest absolute Gasteiger partial charge is 0.510 e. The second kappa shape index (κ2) is 9.18. The number of phenolic OH excluding ortho intramolecular Hbond substituents is 1. The minimum Gasteiger partial charge on any atom is -0.510 e. The lowest BCUT2D eigenvalue weighted by atomic mass is 9.58. The number of phenols is 1. The number of aliphatic hydroxyl groups excluding tert-OH is 2. The van der Waals surface area contributed by atoms with Crippen LogP contribution < -0.4 is 5.73 Å². The quantitative estimate of drug-likeness (QED) is 0.358. The molecule has 39 heavy (non-hydrogen) atoms. The molecule has 1 aromatic rings. The molecule has 1 aromatic carbocycles. The predicted octanol–water partition coefficient (Wildman–Crippen LogP) is 1.74. The van der Waals surface area contributed by atoms with Gasteiger partial charge in [-0.3, -0.25) is 24.2 Å². The van der Waals surface area contributed by atoms with E-state index in [2.05, 4.69) is 18.7 Å². The van der Waals surface area contributed by atoms with Crippen LogP contribution in [0.2, 0.25) is 0 Å². The van der Waals surface area contributed by atoms with Gasteiger partial charge in [0.05, 0.1) is 11.6 Å². The van der Waals surface area contributed by atoms with Crippen LogP contribution in [0.5, 0.6) is 5.75 Å². The normalized spacial score (nSPS) is 30.8. The van der Waals surface area contributed by atoms with Crippen LogP contribution in [-0.4, -0.2) is 86.5 Å². The van der Waals surface area contributed by atoms with E-state index in [0.717, 1.165) is 31.5 Å². The summed E-state index contributed by atoms with van der Waals surface area (Å²) in [6.45, 7) is 6.96. The summed E-state index contributed by atoms with van der Waals surface area (Å²) in [6, 6.07) is 2.30. The number of aliphatic hydroxyl groups is 3. The summed E-state index contributed by atoms with van der Waals surface area (Å²) in [5.41, 5.74) is 3.76. The van der Waals surface area contributed by atoms with E-state index >= 15 is 0 Å². The molecule has 10 heteroatoms. The van der Waals surface area contributed by atoms with Crippen molar-refractivity contribution in [2.45, 2.75) is 57.7 Å². The van der Waals surface area contributed by atoms with Crippen molar-refractivity contribution in [1.29, 1.82) is 0 Å². The standard InChI is InChI=1S/C29H37N3O7/c1-28(2)7-9-32(10-8-28)13-14-5-6-18(33)20-16(14)11-15-12-17-22(31(3)4)24(35)21(27(30)38)26(37)29(17,39)25(36)19(15)23(20)34/h5-6,15,17,22,33,35-36,39H,7-13H2,1-4H3,(H2,30,38)/t15?,17-,22?,29-/m0/s1. The minimum atomic E-state index is -2.63. The van der Waals surface area contributed by atoms with Crippen molar-refractivity contribution < 1.29 is 34.8 Å². The third-order valence-corrected chi connectivity index (χ3v) is 9.31. The van der Waals surface area contributed by atoms with Crippen LogP contribution in [0.25, 0.3) is 0 Å². The maximum Gasteiger partial charge on any atom is 0.255 e. The summed E-state index contributed by atoms with van der Waals surface area (Å²) in [5, 5.41) is 44.7. The van der Waals surface area contributed by atoms with Crippen molar-refractivity contribution in [1.82, 2.24) is 9.80 Å². The van der Waals surface area contributed by atoms with E-state index in [1.165, 1.54) is 6.07 Å². The molecule has 0 aromatic heterocycles. The highest BCUT2D eigenvalue weighted by atomic mass is 16.3. The van der Waals surface area contributed by atoms with Crippen LogP contribution in [0.3, 0.4) is 0 Å². The van der Waals surface area contributed by atoms with E-state index in [1.54, 1.807) is 19.0 Å². The second-order valence-corrected chi connectivity index (χ2v) is 12.5. The van der Waals surface area contributed by atoms with Gasteiger partial charge in [-0.25, -0.2) is 0 Å². The zero-order valence-electron chi connectivity index (χ0n) is 22.8. The Balaban J connectivity index is 1.59. The van der Waals surface area contributed by atoms with Gasteiger partial charge in [-0.2, -0.15) is 0 Å². The average Bonchev–Trinajstić information content (AvgIpc) is 2.84. The molecule has 3 aliphatic carbocycles. The molecular weight excluding hydrogens is 502 g/mol. The number of benzene rings is 1. The molecule has 1 aliphatic heterocycles. The molecule has 4 aliphatic rings. The third kappa shape index (κ3) is 4.08. The highest BCUT2D eigenvalue weighted by Gasteiger charge is 2.63. The summed E-state index contributed by atoms with van der Waals surface area (Å²) in [5.74, 6) is -6.38. The lowest BCUT2D eigenvalue weighted by molar-refractivity contribution is -0.148. The lowest BCUT2D eigenvalue weighted by Crippen LogP contribution is -2.63. The molecule has 0 saturated carbocycles. The number of nitrogens with zero attached hydrogens (tertiary/aromatic N) is 2. The Labute approximate surface area is 227 Å². The summed E-state index contributed by atoms with van der Waals surface area (Å²) in [4.78, 5) is 43.2. The fourth-order valence-corrected chi connectivity index (χ4v) is 7.02. The smallest absolute Gasteiger partial charge is 0.255 e. The van der Waals surface area contributed by atoms with Crippen molar-refractivity contribution in [3.8, 4) is 5.75 Å². The molecule has 0 bridgehead atoms. The molecular formula is C29H37N3O7. The first-order valence-corrected chi connectivity index (χ1v) is 13.4. The minimum absolute atomic E-state index is 0.0608. The van der Waals surface area contributed by atoms with Crippen molar-refractivity contribution >= 4 is 17.5 Å². The Morgan fingerprint density at radius 2 is 1.77 bits per heavy atom. The molecule has 1 heterocycles. The number of allylic oxidation sites excluding steroid dienone is 1. The number of hydrogen-bond donors (Lipinski definition) is 5. The van der Waals surface area contributed by atoms with Gasteiger partial charge in [0.1, 0.15) is 22.8 Å². The molecule has 6 N–H and O–H groups in total. The van der Waals surface area contributed by atoms with Gasteiger partial charge in [0, 0.05) is 18.0 Å². The Morgan fingerprint density at radius 3 is 2.36 bits per heavy atom. The number of aromatic hydroxyl groups is 1. The molecule has 1 fully saturated rings. The van der Waals surface area contributed by atoms with Crippen LogP contribution in [0.4, 0.5) is 0 Å². The molecule has 2 unspecified atom stereocenters. The predicted molar refractivity (Wildman–Crippen MR) is 142 cm³/mol. The Morgan fingerprint density at radius 1 is 1.13 bits per heavy atom. The first-order chi connectivity index (χ1) is 18.2. The van der Waals surface area contributed by atoms with Gasteiger partial charge in [-0.1, -0.05) is 19.9 Å². The van der Waals surface area contributed by atoms with Crippen molar-refractivity contribution in [2.75, 3.05) is 27.2 Å². The highest BCUT2D eigenvalue weighted by molar-refractivity contribution is 6.24. The molecule has 4 atom stereocenters. The number of fused-ring (bicyclic) bond motifs is 3. The van der Waals surface area contributed by atoms with Gasteiger partial charge >= 0.3 is 0 Å². The van der Waals surface area contributed by atoms with Crippen LogP contribution in [0.15, 0.2) is 34.8 Å². The number of piperidine rings is 1. The van der Waals surface area contributed by atoms with Crippen LogP contribution in [-0.2, 0) is 22.6 Å². The van der Waals surface area contributed by atoms with Crippen molar-refractivity contribution in [3.05, 3.63) is 51.5 Å². The van der Waals surface area contributed by atoms with E-state index in [1.807, 2.05) is 6.07 Å². The van der Waals surface area contributed by atoms with Gasteiger partial charge in [0.15, 0.2) is 11.4 Å². The van der Waals surface area contributed by atoms with Gasteiger partial charge in [0.2, 0.25) is 5.78 Å². The molecule has 10 nitrogen and oxygen atoms in total. The van der Waals surface area contributed by atoms with Gasteiger partial charge in [0.25, 0.3) is 5.91 Å².